The lowest BCUT2D eigenvalue weighted by Crippen LogP contribution is -2.28. The quantitative estimate of drug-likeness (QED) is 0.0834. The second-order valence-electron chi connectivity index (χ2n) is 15.5. The molecule has 4 aromatic rings. The van der Waals surface area contributed by atoms with E-state index in [1.165, 1.54) is 12.1 Å². The van der Waals surface area contributed by atoms with E-state index in [2.05, 4.69) is 0 Å². The normalized spacial score (nSPS) is 12.6. The fourth-order valence-electron chi connectivity index (χ4n) is 5.15. The molecule has 308 valence electrons. The van der Waals surface area contributed by atoms with Crippen molar-refractivity contribution in [2.24, 2.45) is 0 Å². The van der Waals surface area contributed by atoms with E-state index < -0.39 is 80.8 Å². The lowest BCUT2D eigenvalue weighted by atomic mass is 10.2. The summed E-state index contributed by atoms with van der Waals surface area (Å²) in [5.41, 5.74) is -2.60. The molecule has 0 aromatic heterocycles. The molecule has 0 fully saturated rings. The molecular weight excluding hydrogens is 780 g/mol. The summed E-state index contributed by atoms with van der Waals surface area (Å²) >= 11 is 0. The van der Waals surface area contributed by atoms with Gasteiger partial charge in [0.2, 0.25) is 0 Å². The first-order valence-corrected chi connectivity index (χ1v) is 20.8. The first-order chi connectivity index (χ1) is 26.5. The molecule has 0 spiro atoms. The van der Waals surface area contributed by atoms with Crippen LogP contribution in [-0.4, -0.2) is 62.9 Å². The van der Waals surface area contributed by atoms with Gasteiger partial charge in [-0.1, -0.05) is 36.4 Å². The molecule has 57 heavy (non-hydrogen) atoms. The topological polar surface area (TPSA) is 150 Å². The number of rotatable bonds is 15. The zero-order valence-corrected chi connectivity index (χ0v) is 35.1. The van der Waals surface area contributed by atoms with Crippen LogP contribution in [0.25, 0.3) is 0 Å². The smallest absolute Gasteiger partial charge is 0.344 e. The van der Waals surface area contributed by atoms with Crippen LogP contribution in [0.2, 0.25) is 0 Å². The summed E-state index contributed by atoms with van der Waals surface area (Å²) in [6.07, 6.45) is 0. The van der Waals surface area contributed by atoms with E-state index in [9.17, 15) is 27.2 Å². The van der Waals surface area contributed by atoms with Crippen molar-refractivity contribution in [2.75, 3.05) is 19.8 Å². The minimum Gasteiger partial charge on any atom is -0.482 e. The molecule has 0 atom stereocenters. The fourth-order valence-corrected chi connectivity index (χ4v) is 10.5. The molecule has 0 heterocycles. The van der Waals surface area contributed by atoms with Crippen LogP contribution in [0.3, 0.4) is 0 Å². The minimum atomic E-state index is -4.79. The summed E-state index contributed by atoms with van der Waals surface area (Å²) in [5.74, 6) is -3.33. The Labute approximate surface area is 335 Å². The van der Waals surface area contributed by atoms with Gasteiger partial charge in [-0.3, -0.25) is 0 Å². The number of halogens is 1. The highest BCUT2D eigenvalue weighted by atomic mass is 32.3. The summed E-state index contributed by atoms with van der Waals surface area (Å²) in [6.45, 7) is 13.2. The zero-order valence-electron chi connectivity index (χ0n) is 33.5. The molecule has 4 rings (SSSR count). The van der Waals surface area contributed by atoms with Crippen molar-refractivity contribution in [3.05, 3.63) is 103 Å². The van der Waals surface area contributed by atoms with Gasteiger partial charge in [-0.25, -0.2) is 22.4 Å². The molecule has 0 saturated heterocycles. The number of hydrogen-bond acceptors (Lipinski definition) is 12. The van der Waals surface area contributed by atoms with Crippen molar-refractivity contribution in [1.29, 1.82) is 0 Å². The molecule has 12 nitrogen and oxygen atoms in total. The Kier molecular flexibility index (Phi) is 14.1. The number of ether oxygens (including phenoxy) is 6. The second kappa shape index (κ2) is 18.0. The van der Waals surface area contributed by atoms with E-state index >= 15 is 0 Å². The molecule has 15 heteroatoms. The maximum absolute atomic E-state index is 14.5. The van der Waals surface area contributed by atoms with Crippen molar-refractivity contribution in [1.82, 2.24) is 0 Å². The van der Waals surface area contributed by atoms with E-state index in [4.69, 9.17) is 32.1 Å². The summed E-state index contributed by atoms with van der Waals surface area (Å²) < 4.78 is 84.3. The van der Waals surface area contributed by atoms with Gasteiger partial charge in [0.15, 0.2) is 19.8 Å². The third kappa shape index (κ3) is 13.0. The van der Waals surface area contributed by atoms with Gasteiger partial charge in [-0.2, -0.15) is 8.42 Å². The fraction of sp³-hybridized carbons (Fsp3) is 0.357. The lowest BCUT2D eigenvalue weighted by Gasteiger charge is -2.41. The summed E-state index contributed by atoms with van der Waals surface area (Å²) in [4.78, 5) is 39.3. The van der Waals surface area contributed by atoms with Crippen LogP contribution in [0.4, 0.5) is 4.39 Å². The molecule has 0 aliphatic rings. The van der Waals surface area contributed by atoms with Crippen LogP contribution in [0, 0.1) is 5.82 Å². The standard InChI is InChI=1S/C42H49FO12S2/c1-40(2,3)52-36(44)26-49-30-24-34(50-27-37(45)53-41(4,5)6)39(35(25-30)51-28-38(46)54-42(7,8)9)56(31-16-12-10-13-17-31,32-18-14-11-15-19-32)55-57(47,48)33-22-20-29(43)21-23-33/h10-25H,26-28H2,1-9H3. The molecule has 0 aliphatic heterocycles. The molecule has 0 amide bonds. The first-order valence-electron chi connectivity index (χ1n) is 17.8. The van der Waals surface area contributed by atoms with Crippen molar-refractivity contribution in [3.63, 3.8) is 0 Å². The van der Waals surface area contributed by atoms with Crippen LogP contribution in [0.5, 0.6) is 17.2 Å². The Bertz CT molecular complexity index is 2030. The second-order valence-corrected chi connectivity index (χ2v) is 19.9. The van der Waals surface area contributed by atoms with Crippen molar-refractivity contribution < 1.29 is 59.2 Å². The maximum Gasteiger partial charge on any atom is 0.344 e. The zero-order chi connectivity index (χ0) is 42.2. The Morgan fingerprint density at radius 1 is 0.526 bits per heavy atom. The van der Waals surface area contributed by atoms with Gasteiger partial charge in [-0.15, -0.1) is 0 Å². The number of carbonyl (C=O) groups excluding carboxylic acids is 3. The third-order valence-electron chi connectivity index (χ3n) is 7.03. The molecule has 0 bridgehead atoms. The first kappa shape index (κ1) is 44.6. The van der Waals surface area contributed by atoms with Gasteiger partial charge in [0.05, 0.1) is 4.90 Å². The molecule has 0 aliphatic carbocycles. The number of carbonyl (C=O) groups is 3. The van der Waals surface area contributed by atoms with Gasteiger partial charge >= 0.3 is 28.0 Å². The van der Waals surface area contributed by atoms with E-state index in [-0.39, 0.29) is 27.0 Å². The Balaban J connectivity index is 2.09. The van der Waals surface area contributed by atoms with Gasteiger partial charge in [0, 0.05) is 21.9 Å². The number of benzene rings is 4. The van der Waals surface area contributed by atoms with Crippen LogP contribution in [0.15, 0.2) is 117 Å². The highest BCUT2D eigenvalue weighted by Crippen LogP contribution is 2.74. The minimum absolute atomic E-state index is 0.0428. The van der Waals surface area contributed by atoms with Crippen molar-refractivity contribution in [3.8, 4) is 17.2 Å². The van der Waals surface area contributed by atoms with Crippen LogP contribution in [-0.2, 0) is 42.3 Å². The largest absolute Gasteiger partial charge is 0.482 e. The average Bonchev–Trinajstić information content (AvgIpc) is 3.10. The molecular formula is C42H49FO12S2. The number of esters is 3. The summed E-state index contributed by atoms with van der Waals surface area (Å²) in [5, 5.41) is 0. The lowest BCUT2D eigenvalue weighted by molar-refractivity contribution is -0.158. The predicted octanol–water partition coefficient (Wildman–Crippen LogP) is 8.59. The Morgan fingerprint density at radius 2 is 0.895 bits per heavy atom. The van der Waals surface area contributed by atoms with E-state index in [0.29, 0.717) is 9.79 Å². The summed E-state index contributed by atoms with van der Waals surface area (Å²) in [7, 11) is -8.42. The van der Waals surface area contributed by atoms with Crippen molar-refractivity contribution in [2.45, 2.75) is 98.7 Å². The van der Waals surface area contributed by atoms with Crippen LogP contribution >= 0.6 is 10.3 Å². The highest BCUT2D eigenvalue weighted by molar-refractivity contribution is 8.33. The monoisotopic (exact) mass is 828 g/mol. The molecule has 0 radical (unpaired) electrons. The molecule has 0 unspecified atom stereocenters. The van der Waals surface area contributed by atoms with Crippen molar-refractivity contribution >= 4 is 38.3 Å². The van der Waals surface area contributed by atoms with E-state index in [1.54, 1.807) is 123 Å². The molecule has 4 aromatic carbocycles. The maximum atomic E-state index is 14.5. The number of hydrogen-bond donors (Lipinski definition) is 0. The predicted molar refractivity (Wildman–Crippen MR) is 210 cm³/mol. The Morgan fingerprint density at radius 3 is 1.26 bits per heavy atom. The van der Waals surface area contributed by atoms with E-state index in [1.807, 2.05) is 0 Å². The average molecular weight is 829 g/mol. The van der Waals surface area contributed by atoms with Gasteiger partial charge < -0.3 is 28.4 Å². The SMILES string of the molecule is CC(C)(C)OC(=O)COc1cc(OCC(=O)OC(C)(C)C)c(S(OS(=O)(=O)c2ccc(F)cc2)(c2ccccc2)c2ccccc2)c(OCC(=O)OC(C)(C)C)c1. The van der Waals surface area contributed by atoms with Crippen LogP contribution < -0.4 is 14.2 Å². The highest BCUT2D eigenvalue weighted by Gasteiger charge is 2.44. The Hall–Kier alpha value is -5.12. The third-order valence-corrected chi connectivity index (χ3v) is 12.3. The molecule has 0 saturated carbocycles. The van der Waals surface area contributed by atoms with Gasteiger partial charge in [0.1, 0.15) is 44.8 Å². The summed E-state index contributed by atoms with van der Waals surface area (Å²) in [6, 6.07) is 23.5. The van der Waals surface area contributed by atoms with E-state index in [0.717, 1.165) is 24.3 Å². The molecule has 0 N–H and O–H groups in total. The van der Waals surface area contributed by atoms with Gasteiger partial charge in [-0.05, 0) is 121 Å². The van der Waals surface area contributed by atoms with Crippen LogP contribution in [0.1, 0.15) is 62.3 Å². The van der Waals surface area contributed by atoms with Gasteiger partial charge in [0.25, 0.3) is 0 Å².